The van der Waals surface area contributed by atoms with Gasteiger partial charge in [0.15, 0.2) is 11.5 Å². The number of hydrogen-bond acceptors (Lipinski definition) is 5. The predicted octanol–water partition coefficient (Wildman–Crippen LogP) is 4.14. The molecule has 0 atom stereocenters. The summed E-state index contributed by atoms with van der Waals surface area (Å²) in [5, 5.41) is 6.58. The van der Waals surface area contributed by atoms with Crippen molar-refractivity contribution in [1.29, 1.82) is 0 Å². The Morgan fingerprint density at radius 3 is 2.59 bits per heavy atom. The highest BCUT2D eigenvalue weighted by Gasteiger charge is 2.09. The molecule has 0 aromatic heterocycles. The van der Waals surface area contributed by atoms with Crippen LogP contribution < -0.4 is 20.2 Å². The molecule has 0 saturated carbocycles. The maximum atomic E-state index is 13.8. The summed E-state index contributed by atoms with van der Waals surface area (Å²) in [7, 11) is 1.50. The SMILES string of the molecule is COc1cc(C=NNC(=O)c2cccc(NC(C)=O)c2)ccc1OCc1ccccc1F. The second-order valence-corrected chi connectivity index (χ2v) is 6.75. The van der Waals surface area contributed by atoms with E-state index in [2.05, 4.69) is 15.8 Å². The summed E-state index contributed by atoms with van der Waals surface area (Å²) in [6, 6.07) is 18.0. The number of hydrogen-bond donors (Lipinski definition) is 2. The molecule has 2 amide bonds. The fourth-order valence-corrected chi connectivity index (χ4v) is 2.83. The molecule has 0 radical (unpaired) electrons. The largest absolute Gasteiger partial charge is 0.493 e. The van der Waals surface area contributed by atoms with Gasteiger partial charge in [0.05, 0.1) is 13.3 Å². The van der Waals surface area contributed by atoms with E-state index in [1.807, 2.05) is 0 Å². The van der Waals surface area contributed by atoms with Crippen LogP contribution in [0.4, 0.5) is 10.1 Å². The topological polar surface area (TPSA) is 89.0 Å². The minimum absolute atomic E-state index is 0.0596. The van der Waals surface area contributed by atoms with Crippen molar-refractivity contribution in [3.05, 3.63) is 89.2 Å². The maximum absolute atomic E-state index is 13.8. The molecular weight excluding hydrogens is 413 g/mol. The number of hydrazone groups is 1. The number of amides is 2. The highest BCUT2D eigenvalue weighted by atomic mass is 19.1. The quantitative estimate of drug-likeness (QED) is 0.411. The summed E-state index contributed by atoms with van der Waals surface area (Å²) >= 11 is 0. The molecule has 0 aliphatic carbocycles. The molecule has 7 nitrogen and oxygen atoms in total. The van der Waals surface area contributed by atoms with E-state index in [4.69, 9.17) is 9.47 Å². The van der Waals surface area contributed by atoms with Crippen molar-refractivity contribution >= 4 is 23.7 Å². The first-order valence-corrected chi connectivity index (χ1v) is 9.71. The predicted molar refractivity (Wildman–Crippen MR) is 120 cm³/mol. The zero-order valence-corrected chi connectivity index (χ0v) is 17.6. The molecule has 164 valence electrons. The normalized spacial score (nSPS) is 10.6. The van der Waals surface area contributed by atoms with Gasteiger partial charge >= 0.3 is 0 Å². The van der Waals surface area contributed by atoms with Crippen molar-refractivity contribution in [1.82, 2.24) is 5.43 Å². The monoisotopic (exact) mass is 435 g/mol. The fraction of sp³-hybridized carbons (Fsp3) is 0.125. The van der Waals surface area contributed by atoms with Gasteiger partial charge in [0.1, 0.15) is 12.4 Å². The van der Waals surface area contributed by atoms with Crippen LogP contribution in [0.2, 0.25) is 0 Å². The second kappa shape index (κ2) is 10.7. The van der Waals surface area contributed by atoms with Gasteiger partial charge in [0.25, 0.3) is 5.91 Å². The van der Waals surface area contributed by atoms with Gasteiger partial charge in [-0.1, -0.05) is 24.3 Å². The third kappa shape index (κ3) is 6.15. The van der Waals surface area contributed by atoms with E-state index in [0.29, 0.717) is 33.9 Å². The molecule has 0 unspecified atom stereocenters. The number of anilines is 1. The van der Waals surface area contributed by atoms with Crippen LogP contribution >= 0.6 is 0 Å². The van der Waals surface area contributed by atoms with Crippen LogP contribution in [0.1, 0.15) is 28.4 Å². The first kappa shape index (κ1) is 22.5. The number of nitrogens with one attached hydrogen (secondary N) is 2. The van der Waals surface area contributed by atoms with Crippen molar-refractivity contribution in [2.24, 2.45) is 5.10 Å². The smallest absolute Gasteiger partial charge is 0.271 e. The molecule has 2 N–H and O–H groups in total. The number of rotatable bonds is 8. The molecular formula is C24H22FN3O4. The Morgan fingerprint density at radius 1 is 1.03 bits per heavy atom. The summed E-state index contributed by atoms with van der Waals surface area (Å²) in [5.41, 5.74) is 4.40. The van der Waals surface area contributed by atoms with Gasteiger partial charge in [-0.3, -0.25) is 9.59 Å². The zero-order chi connectivity index (χ0) is 22.9. The molecule has 3 aromatic carbocycles. The molecule has 8 heteroatoms. The van der Waals surface area contributed by atoms with Crippen LogP contribution in [0.15, 0.2) is 71.8 Å². The van der Waals surface area contributed by atoms with Gasteiger partial charge in [-0.25, -0.2) is 9.82 Å². The van der Waals surface area contributed by atoms with Gasteiger partial charge in [0, 0.05) is 23.7 Å². The van der Waals surface area contributed by atoms with E-state index in [1.54, 1.807) is 60.7 Å². The van der Waals surface area contributed by atoms with E-state index in [9.17, 15) is 14.0 Å². The summed E-state index contributed by atoms with van der Waals surface area (Å²) < 4.78 is 24.8. The maximum Gasteiger partial charge on any atom is 0.271 e. The summed E-state index contributed by atoms with van der Waals surface area (Å²) in [6.45, 7) is 1.45. The number of nitrogens with zero attached hydrogens (tertiary/aromatic N) is 1. The van der Waals surface area contributed by atoms with Crippen molar-refractivity contribution in [2.75, 3.05) is 12.4 Å². The number of carbonyl (C=O) groups is 2. The molecule has 0 heterocycles. The Morgan fingerprint density at radius 2 is 1.84 bits per heavy atom. The molecule has 0 aliphatic rings. The van der Waals surface area contributed by atoms with Crippen LogP contribution in [0.25, 0.3) is 0 Å². The van der Waals surface area contributed by atoms with Crippen molar-refractivity contribution < 1.29 is 23.5 Å². The average Bonchev–Trinajstić information content (AvgIpc) is 2.78. The summed E-state index contributed by atoms with van der Waals surface area (Å²) in [5.74, 6) is -0.0963. The lowest BCUT2D eigenvalue weighted by molar-refractivity contribution is -0.114. The van der Waals surface area contributed by atoms with Gasteiger partial charge in [0.2, 0.25) is 5.91 Å². The van der Waals surface area contributed by atoms with E-state index in [0.717, 1.165) is 0 Å². The van der Waals surface area contributed by atoms with Gasteiger partial charge in [-0.15, -0.1) is 0 Å². The number of carbonyl (C=O) groups excluding carboxylic acids is 2. The van der Waals surface area contributed by atoms with E-state index < -0.39 is 5.91 Å². The Bertz CT molecular complexity index is 1150. The third-order valence-electron chi connectivity index (χ3n) is 4.35. The second-order valence-electron chi connectivity index (χ2n) is 6.75. The first-order chi connectivity index (χ1) is 15.5. The highest BCUT2D eigenvalue weighted by Crippen LogP contribution is 2.28. The third-order valence-corrected chi connectivity index (χ3v) is 4.35. The standard InChI is InChI=1S/C24H22FN3O4/c1-16(29)27-20-8-5-7-18(13-20)24(30)28-26-14-17-10-11-22(23(12-17)31-2)32-15-19-6-3-4-9-21(19)25/h3-14H,15H2,1-2H3,(H,27,29)(H,28,30). The molecule has 32 heavy (non-hydrogen) atoms. The molecule has 3 rings (SSSR count). The molecule has 0 spiro atoms. The van der Waals surface area contributed by atoms with E-state index in [1.165, 1.54) is 26.3 Å². The van der Waals surface area contributed by atoms with Crippen molar-refractivity contribution in [2.45, 2.75) is 13.5 Å². The lowest BCUT2D eigenvalue weighted by Crippen LogP contribution is -2.18. The van der Waals surface area contributed by atoms with Crippen LogP contribution in [0, 0.1) is 5.82 Å². The first-order valence-electron chi connectivity index (χ1n) is 9.71. The van der Waals surface area contributed by atoms with Crippen LogP contribution in [-0.2, 0) is 11.4 Å². The molecule has 0 fully saturated rings. The highest BCUT2D eigenvalue weighted by molar-refractivity contribution is 5.97. The Hall–Kier alpha value is -4.20. The molecule has 0 saturated heterocycles. The van der Waals surface area contributed by atoms with Gasteiger partial charge < -0.3 is 14.8 Å². The lowest BCUT2D eigenvalue weighted by atomic mass is 10.2. The Kier molecular flexibility index (Phi) is 7.53. The van der Waals surface area contributed by atoms with Crippen LogP contribution in [0.3, 0.4) is 0 Å². The Balaban J connectivity index is 1.63. The number of ether oxygens (including phenoxy) is 2. The average molecular weight is 435 g/mol. The summed E-state index contributed by atoms with van der Waals surface area (Å²) in [4.78, 5) is 23.4. The lowest BCUT2D eigenvalue weighted by Gasteiger charge is -2.11. The van der Waals surface area contributed by atoms with Gasteiger partial charge in [-0.05, 0) is 48.0 Å². The van der Waals surface area contributed by atoms with Crippen molar-refractivity contribution in [3.8, 4) is 11.5 Å². The summed E-state index contributed by atoms with van der Waals surface area (Å²) in [6.07, 6.45) is 1.46. The molecule has 3 aromatic rings. The number of benzene rings is 3. The molecule has 0 bridgehead atoms. The van der Waals surface area contributed by atoms with Crippen LogP contribution in [-0.4, -0.2) is 25.1 Å². The zero-order valence-electron chi connectivity index (χ0n) is 17.6. The van der Waals surface area contributed by atoms with E-state index >= 15 is 0 Å². The van der Waals surface area contributed by atoms with Gasteiger partial charge in [-0.2, -0.15) is 5.10 Å². The molecule has 0 aliphatic heterocycles. The van der Waals surface area contributed by atoms with E-state index in [-0.39, 0.29) is 18.3 Å². The minimum atomic E-state index is -0.426. The minimum Gasteiger partial charge on any atom is -0.493 e. The number of methoxy groups -OCH3 is 1. The fourth-order valence-electron chi connectivity index (χ4n) is 2.83. The van der Waals surface area contributed by atoms with Crippen LogP contribution in [0.5, 0.6) is 11.5 Å². The van der Waals surface area contributed by atoms with Crippen molar-refractivity contribution in [3.63, 3.8) is 0 Å². The number of halogens is 1. The Labute approximate surface area is 184 Å².